The summed E-state index contributed by atoms with van der Waals surface area (Å²) in [6.07, 6.45) is 4.90. The van der Waals surface area contributed by atoms with Gasteiger partial charge >= 0.3 is 0 Å². The summed E-state index contributed by atoms with van der Waals surface area (Å²) < 4.78 is 0. The lowest BCUT2D eigenvalue weighted by Crippen LogP contribution is -2.43. The van der Waals surface area contributed by atoms with Crippen LogP contribution in [0, 0.1) is 5.92 Å². The summed E-state index contributed by atoms with van der Waals surface area (Å²) in [6, 6.07) is -1.73. The van der Waals surface area contributed by atoms with Gasteiger partial charge in [0.2, 0.25) is 23.6 Å². The van der Waals surface area contributed by atoms with Crippen LogP contribution in [0.2, 0.25) is 0 Å². The van der Waals surface area contributed by atoms with E-state index in [4.69, 9.17) is 0 Å². The molecule has 0 aromatic heterocycles. The van der Waals surface area contributed by atoms with Crippen LogP contribution < -0.4 is 26.6 Å². The first-order valence-electron chi connectivity index (χ1n) is 18.7. The quantitative estimate of drug-likeness (QED) is 0.0657. The predicted octanol–water partition coefficient (Wildman–Crippen LogP) is 2.97. The summed E-state index contributed by atoms with van der Waals surface area (Å²) in [4.78, 5) is 109. The molecule has 5 atom stereocenters. The van der Waals surface area contributed by atoms with E-state index < -0.39 is 18.1 Å². The van der Waals surface area contributed by atoms with Crippen molar-refractivity contribution in [3.63, 3.8) is 0 Å². The van der Waals surface area contributed by atoms with Gasteiger partial charge in [-0.3, -0.25) is 24.0 Å². The smallest absolute Gasteiger partial charge is 0.222 e. The lowest BCUT2D eigenvalue weighted by Gasteiger charge is -2.22. The maximum atomic E-state index is 13.0. The van der Waals surface area contributed by atoms with Gasteiger partial charge in [0.25, 0.3) is 0 Å². The van der Waals surface area contributed by atoms with Crippen molar-refractivity contribution in [2.45, 2.75) is 168 Å². The first-order chi connectivity index (χ1) is 24.4. The number of unbranched alkanes of at least 4 members (excludes halogenated alkanes) is 1. The maximum absolute atomic E-state index is 13.0. The Morgan fingerprint density at radius 3 is 1.25 bits per heavy atom. The Bertz CT molecular complexity index is 1210. The van der Waals surface area contributed by atoms with Gasteiger partial charge in [-0.15, -0.1) is 0 Å². The minimum atomic E-state index is -0.565. The van der Waals surface area contributed by atoms with Crippen molar-refractivity contribution in [3.05, 3.63) is 0 Å². The third-order valence-corrected chi connectivity index (χ3v) is 8.69. The van der Waals surface area contributed by atoms with Gasteiger partial charge in [-0.25, -0.2) is 0 Å². The highest BCUT2D eigenvalue weighted by atomic mass is 16.2. The standard InChI is InChI=1S/C38H65N5O9/c1-25(11-12-26(2)44)20-36(50)42-34(18-15-29(5)47)24-38(52)41-32(21-30(6)48)10-8-9-19-40-35(49)23-33(17-14-28(4)46)43-37(51)22-31(39-7)16-13-27(3)45/h25,31-34,39H,8-24H2,1-7H3,(H,40,49)(H,41,52)(H,42,50)(H,43,51). The van der Waals surface area contributed by atoms with E-state index >= 15 is 0 Å². The fraction of sp³-hybridized carbons (Fsp3) is 0.763. The third-order valence-electron chi connectivity index (χ3n) is 8.69. The van der Waals surface area contributed by atoms with Crippen molar-refractivity contribution in [2.24, 2.45) is 5.92 Å². The zero-order chi connectivity index (χ0) is 39.6. The van der Waals surface area contributed by atoms with E-state index in [-0.39, 0.29) is 109 Å². The van der Waals surface area contributed by atoms with Crippen LogP contribution in [0.4, 0.5) is 0 Å². The Kier molecular flexibility index (Phi) is 25.8. The second kappa shape index (κ2) is 27.8. The van der Waals surface area contributed by atoms with Gasteiger partial charge in [-0.05, 0) is 92.5 Å². The monoisotopic (exact) mass is 735 g/mol. The number of hydrogen-bond donors (Lipinski definition) is 5. The molecule has 14 heteroatoms. The minimum absolute atomic E-state index is 0.00162. The average molecular weight is 736 g/mol. The van der Waals surface area contributed by atoms with Gasteiger partial charge in [0.05, 0.1) is 0 Å². The Hall–Kier alpha value is -3.81. The van der Waals surface area contributed by atoms with Gasteiger partial charge in [-0.1, -0.05) is 6.92 Å². The molecule has 0 rings (SSSR count). The highest BCUT2D eigenvalue weighted by Gasteiger charge is 2.22. The molecule has 5 unspecified atom stereocenters. The molecule has 0 aliphatic carbocycles. The fourth-order valence-corrected chi connectivity index (χ4v) is 5.72. The van der Waals surface area contributed by atoms with Gasteiger partial charge in [-0.2, -0.15) is 0 Å². The van der Waals surface area contributed by atoms with Crippen molar-refractivity contribution in [1.82, 2.24) is 26.6 Å². The highest BCUT2D eigenvalue weighted by Crippen LogP contribution is 2.13. The number of nitrogens with one attached hydrogen (secondary N) is 5. The molecular weight excluding hydrogens is 670 g/mol. The predicted molar refractivity (Wildman–Crippen MR) is 198 cm³/mol. The molecule has 0 aromatic carbocycles. The van der Waals surface area contributed by atoms with E-state index in [1.54, 1.807) is 7.05 Å². The molecule has 0 fully saturated rings. The molecule has 296 valence electrons. The van der Waals surface area contributed by atoms with Gasteiger partial charge < -0.3 is 45.8 Å². The van der Waals surface area contributed by atoms with E-state index in [9.17, 15) is 43.2 Å². The summed E-state index contributed by atoms with van der Waals surface area (Å²) in [5.41, 5.74) is 0. The summed E-state index contributed by atoms with van der Waals surface area (Å²) in [5.74, 6) is -1.30. The topological polar surface area (TPSA) is 214 Å². The van der Waals surface area contributed by atoms with Crippen LogP contribution >= 0.6 is 0 Å². The van der Waals surface area contributed by atoms with Crippen LogP contribution in [-0.2, 0) is 43.2 Å². The Morgan fingerprint density at radius 1 is 0.423 bits per heavy atom. The largest absolute Gasteiger partial charge is 0.356 e. The number of rotatable bonds is 31. The zero-order valence-electron chi connectivity index (χ0n) is 32.6. The molecule has 0 bridgehead atoms. The summed E-state index contributed by atoms with van der Waals surface area (Å²) in [7, 11) is 1.72. The Labute approximate surface area is 309 Å². The molecule has 0 aromatic rings. The van der Waals surface area contributed by atoms with Crippen LogP contribution in [0.3, 0.4) is 0 Å². The molecule has 0 saturated carbocycles. The molecule has 0 aliphatic rings. The van der Waals surface area contributed by atoms with Gasteiger partial charge in [0.15, 0.2) is 0 Å². The molecule has 5 N–H and O–H groups in total. The molecule has 0 spiro atoms. The lowest BCUT2D eigenvalue weighted by molar-refractivity contribution is -0.126. The molecule has 52 heavy (non-hydrogen) atoms. The van der Waals surface area contributed by atoms with Crippen LogP contribution in [0.5, 0.6) is 0 Å². The summed E-state index contributed by atoms with van der Waals surface area (Å²) >= 11 is 0. The number of ketones is 5. The minimum Gasteiger partial charge on any atom is -0.356 e. The summed E-state index contributed by atoms with van der Waals surface area (Å²) in [6.45, 7) is 9.56. The van der Waals surface area contributed by atoms with Crippen molar-refractivity contribution < 1.29 is 43.2 Å². The highest BCUT2D eigenvalue weighted by molar-refractivity contribution is 5.83. The molecule has 14 nitrogen and oxygen atoms in total. The number of amides is 4. The molecule has 0 heterocycles. The molecular formula is C38H65N5O9. The number of carbonyl (C=O) groups excluding carboxylic acids is 9. The zero-order valence-corrected chi connectivity index (χ0v) is 32.6. The van der Waals surface area contributed by atoms with E-state index in [0.717, 1.165) is 0 Å². The van der Waals surface area contributed by atoms with Crippen LogP contribution in [0.25, 0.3) is 0 Å². The van der Waals surface area contributed by atoms with Crippen LogP contribution in [0.15, 0.2) is 0 Å². The van der Waals surface area contributed by atoms with Crippen molar-refractivity contribution in [2.75, 3.05) is 13.6 Å². The fourth-order valence-electron chi connectivity index (χ4n) is 5.72. The van der Waals surface area contributed by atoms with Crippen LogP contribution in [0.1, 0.15) is 144 Å². The Balaban J connectivity index is 5.03. The first-order valence-corrected chi connectivity index (χ1v) is 18.7. The van der Waals surface area contributed by atoms with E-state index in [2.05, 4.69) is 26.6 Å². The normalized spacial score (nSPS) is 13.8. The Morgan fingerprint density at radius 2 is 0.808 bits per heavy atom. The van der Waals surface area contributed by atoms with Crippen molar-refractivity contribution in [1.29, 1.82) is 0 Å². The summed E-state index contributed by atoms with van der Waals surface area (Å²) in [5, 5.41) is 14.5. The first kappa shape index (κ1) is 48.2. The van der Waals surface area contributed by atoms with Crippen molar-refractivity contribution in [3.8, 4) is 0 Å². The third kappa shape index (κ3) is 27.9. The average Bonchev–Trinajstić information content (AvgIpc) is 3.02. The number of hydrogen-bond acceptors (Lipinski definition) is 10. The van der Waals surface area contributed by atoms with E-state index in [1.807, 2.05) is 6.92 Å². The molecule has 4 amide bonds. The molecule has 0 radical (unpaired) electrons. The SMILES string of the molecule is CNC(CCC(C)=O)CC(=O)NC(CCC(C)=O)CC(=O)NCCCCC(CC(C)=O)NC(=O)CC(CCC(C)=O)NC(=O)CC(C)CCC(C)=O. The second-order valence-electron chi connectivity index (χ2n) is 14.4. The van der Waals surface area contributed by atoms with E-state index in [0.29, 0.717) is 64.3 Å². The molecule has 0 aliphatic heterocycles. The van der Waals surface area contributed by atoms with Gasteiger partial charge in [0, 0.05) is 88.5 Å². The lowest BCUT2D eigenvalue weighted by atomic mass is 9.99. The second-order valence-corrected chi connectivity index (χ2v) is 14.4. The number of carbonyl (C=O) groups is 9. The maximum Gasteiger partial charge on any atom is 0.222 e. The van der Waals surface area contributed by atoms with Gasteiger partial charge in [0.1, 0.15) is 28.9 Å². The number of Topliss-reactive ketones (excluding diaryl/α,β-unsaturated/α-hetero) is 5. The van der Waals surface area contributed by atoms with E-state index in [1.165, 1.54) is 34.6 Å². The van der Waals surface area contributed by atoms with Crippen molar-refractivity contribution >= 4 is 52.5 Å². The van der Waals surface area contributed by atoms with Crippen LogP contribution in [-0.4, -0.2) is 90.3 Å². The molecule has 0 saturated heterocycles.